The van der Waals surface area contributed by atoms with Gasteiger partial charge in [-0.05, 0) is 43.6 Å². The van der Waals surface area contributed by atoms with Crippen LogP contribution < -0.4 is 10.1 Å². The Labute approximate surface area is 184 Å². The fourth-order valence-electron chi connectivity index (χ4n) is 3.70. The Morgan fingerprint density at radius 2 is 1.66 bits per heavy atom. The summed E-state index contributed by atoms with van der Waals surface area (Å²) in [5.74, 6) is 0.341. The molecule has 0 atom stereocenters. The molecule has 2 saturated heterocycles. The highest BCUT2D eigenvalue weighted by Crippen LogP contribution is 2.16. The molecular weight excluding hydrogens is 417 g/mol. The third kappa shape index (κ3) is 7.66. The van der Waals surface area contributed by atoms with Gasteiger partial charge in [-0.3, -0.25) is 9.69 Å². The molecule has 1 aromatic rings. The number of piperazine rings is 1. The van der Waals surface area contributed by atoms with E-state index in [0.717, 1.165) is 44.8 Å². The molecule has 164 valence electrons. The van der Waals surface area contributed by atoms with Gasteiger partial charge in [0.05, 0.1) is 13.5 Å². The van der Waals surface area contributed by atoms with Crippen molar-refractivity contribution in [3.8, 4) is 5.75 Å². The van der Waals surface area contributed by atoms with Crippen molar-refractivity contribution in [1.82, 2.24) is 15.1 Å². The van der Waals surface area contributed by atoms with E-state index < -0.39 is 5.97 Å². The van der Waals surface area contributed by atoms with Crippen LogP contribution in [-0.4, -0.2) is 80.7 Å². The SMILES string of the molecule is COC(=O)COc1ccc(CC(=O)N2CCN(C3CCNCC3)CC2)cc1.Cl.Cl. The Hall–Kier alpha value is -1.54. The van der Waals surface area contributed by atoms with Gasteiger partial charge in [-0.15, -0.1) is 24.8 Å². The monoisotopic (exact) mass is 447 g/mol. The van der Waals surface area contributed by atoms with E-state index in [9.17, 15) is 9.59 Å². The van der Waals surface area contributed by atoms with Crippen LogP contribution in [0.3, 0.4) is 0 Å². The maximum absolute atomic E-state index is 12.6. The van der Waals surface area contributed by atoms with E-state index in [-0.39, 0.29) is 37.3 Å². The van der Waals surface area contributed by atoms with Gasteiger partial charge in [0.1, 0.15) is 5.75 Å². The summed E-state index contributed by atoms with van der Waals surface area (Å²) < 4.78 is 9.87. The minimum absolute atomic E-state index is 0. The highest BCUT2D eigenvalue weighted by Gasteiger charge is 2.26. The fourth-order valence-corrected chi connectivity index (χ4v) is 3.70. The summed E-state index contributed by atoms with van der Waals surface area (Å²) in [4.78, 5) is 28.2. The predicted molar refractivity (Wildman–Crippen MR) is 116 cm³/mol. The lowest BCUT2D eigenvalue weighted by atomic mass is 10.0. The van der Waals surface area contributed by atoms with E-state index in [1.807, 2.05) is 17.0 Å². The van der Waals surface area contributed by atoms with E-state index in [0.29, 0.717) is 18.2 Å². The van der Waals surface area contributed by atoms with E-state index >= 15 is 0 Å². The topological polar surface area (TPSA) is 71.1 Å². The van der Waals surface area contributed by atoms with Crippen LogP contribution in [0.15, 0.2) is 24.3 Å². The van der Waals surface area contributed by atoms with Gasteiger partial charge in [0.2, 0.25) is 5.91 Å². The Morgan fingerprint density at radius 1 is 1.03 bits per heavy atom. The molecule has 0 spiro atoms. The number of halogens is 2. The van der Waals surface area contributed by atoms with Crippen molar-refractivity contribution in [3.05, 3.63) is 29.8 Å². The first-order valence-electron chi connectivity index (χ1n) is 9.67. The van der Waals surface area contributed by atoms with Crippen molar-refractivity contribution in [2.45, 2.75) is 25.3 Å². The van der Waals surface area contributed by atoms with Gasteiger partial charge in [0, 0.05) is 32.2 Å². The number of methoxy groups -OCH3 is 1. The number of piperidine rings is 1. The summed E-state index contributed by atoms with van der Waals surface area (Å²) in [7, 11) is 1.33. The molecule has 29 heavy (non-hydrogen) atoms. The fraction of sp³-hybridized carbons (Fsp3) is 0.600. The van der Waals surface area contributed by atoms with Crippen molar-refractivity contribution in [2.24, 2.45) is 0 Å². The summed E-state index contributed by atoms with van der Waals surface area (Å²) >= 11 is 0. The maximum Gasteiger partial charge on any atom is 0.343 e. The second kappa shape index (κ2) is 12.9. The van der Waals surface area contributed by atoms with Crippen LogP contribution in [0, 0.1) is 0 Å². The molecule has 2 aliphatic rings. The van der Waals surface area contributed by atoms with Crippen LogP contribution >= 0.6 is 24.8 Å². The van der Waals surface area contributed by atoms with Gasteiger partial charge >= 0.3 is 5.97 Å². The normalized spacial score (nSPS) is 17.6. The summed E-state index contributed by atoms with van der Waals surface area (Å²) in [6.45, 7) is 5.64. The van der Waals surface area contributed by atoms with Gasteiger partial charge in [-0.25, -0.2) is 4.79 Å². The number of hydrogen-bond acceptors (Lipinski definition) is 6. The van der Waals surface area contributed by atoms with Crippen LogP contribution in [0.4, 0.5) is 0 Å². The molecule has 1 N–H and O–H groups in total. The highest BCUT2D eigenvalue weighted by atomic mass is 35.5. The van der Waals surface area contributed by atoms with Gasteiger partial charge in [-0.2, -0.15) is 0 Å². The van der Waals surface area contributed by atoms with Gasteiger partial charge < -0.3 is 19.7 Å². The molecule has 0 saturated carbocycles. The van der Waals surface area contributed by atoms with E-state index in [4.69, 9.17) is 4.74 Å². The Kier molecular flexibility index (Phi) is 11.3. The first kappa shape index (κ1) is 25.5. The van der Waals surface area contributed by atoms with Crippen molar-refractivity contribution in [2.75, 3.05) is 53.0 Å². The lowest BCUT2D eigenvalue weighted by Crippen LogP contribution is -2.54. The molecule has 3 rings (SSSR count). The average Bonchev–Trinajstić information content (AvgIpc) is 2.73. The van der Waals surface area contributed by atoms with Crippen molar-refractivity contribution >= 4 is 36.7 Å². The third-order valence-electron chi connectivity index (χ3n) is 5.36. The van der Waals surface area contributed by atoms with Gasteiger partial charge in [-0.1, -0.05) is 12.1 Å². The molecule has 0 unspecified atom stereocenters. The summed E-state index contributed by atoms with van der Waals surface area (Å²) in [6.07, 6.45) is 2.81. The second-order valence-corrected chi connectivity index (χ2v) is 7.08. The van der Waals surface area contributed by atoms with Crippen LogP contribution in [0.1, 0.15) is 18.4 Å². The molecular formula is C20H31Cl2N3O4. The first-order chi connectivity index (χ1) is 13.2. The zero-order valence-electron chi connectivity index (χ0n) is 16.8. The molecule has 0 radical (unpaired) electrons. The molecule has 1 aromatic carbocycles. The quantitative estimate of drug-likeness (QED) is 0.666. The highest BCUT2D eigenvalue weighted by molar-refractivity contribution is 5.85. The lowest BCUT2D eigenvalue weighted by Gasteiger charge is -2.40. The third-order valence-corrected chi connectivity index (χ3v) is 5.36. The maximum atomic E-state index is 12.6. The minimum Gasteiger partial charge on any atom is -0.482 e. The predicted octanol–water partition coefficient (Wildman–Crippen LogP) is 1.52. The van der Waals surface area contributed by atoms with Crippen molar-refractivity contribution in [3.63, 3.8) is 0 Å². The molecule has 2 fully saturated rings. The van der Waals surface area contributed by atoms with Crippen molar-refractivity contribution < 1.29 is 19.1 Å². The number of amides is 1. The molecule has 1 amide bonds. The molecule has 2 heterocycles. The summed E-state index contributed by atoms with van der Waals surface area (Å²) in [5, 5.41) is 3.41. The summed E-state index contributed by atoms with van der Waals surface area (Å²) in [6, 6.07) is 7.97. The van der Waals surface area contributed by atoms with Crippen LogP contribution in [0.25, 0.3) is 0 Å². The lowest BCUT2D eigenvalue weighted by molar-refractivity contribution is -0.142. The number of carbonyl (C=O) groups is 2. The summed E-state index contributed by atoms with van der Waals surface area (Å²) in [5.41, 5.74) is 0.950. The number of hydrogen-bond donors (Lipinski definition) is 1. The number of nitrogens with zero attached hydrogens (tertiary/aromatic N) is 2. The number of esters is 1. The number of carbonyl (C=O) groups excluding carboxylic acids is 2. The Balaban J connectivity index is 0.00000210. The Bertz CT molecular complexity index is 631. The van der Waals surface area contributed by atoms with Gasteiger partial charge in [0.25, 0.3) is 0 Å². The molecule has 0 aromatic heterocycles. The standard InChI is InChI=1S/C20H29N3O4.2ClH/c1-26-20(25)15-27-18-4-2-16(3-5-18)14-19(24)23-12-10-22(11-13-23)17-6-8-21-9-7-17;;/h2-5,17,21H,6-15H2,1H3;2*1H. The number of ether oxygens (including phenoxy) is 2. The molecule has 2 aliphatic heterocycles. The van der Waals surface area contributed by atoms with E-state index in [1.54, 1.807) is 12.1 Å². The zero-order chi connectivity index (χ0) is 19.1. The number of benzene rings is 1. The van der Waals surface area contributed by atoms with E-state index in [2.05, 4.69) is 15.0 Å². The van der Waals surface area contributed by atoms with Crippen LogP contribution in [-0.2, 0) is 20.7 Å². The second-order valence-electron chi connectivity index (χ2n) is 7.08. The molecule has 7 nitrogen and oxygen atoms in total. The minimum atomic E-state index is -0.419. The Morgan fingerprint density at radius 3 is 2.24 bits per heavy atom. The molecule has 9 heteroatoms. The zero-order valence-corrected chi connectivity index (χ0v) is 18.4. The first-order valence-corrected chi connectivity index (χ1v) is 9.67. The van der Waals surface area contributed by atoms with E-state index in [1.165, 1.54) is 20.0 Å². The smallest absolute Gasteiger partial charge is 0.343 e. The van der Waals surface area contributed by atoms with Gasteiger partial charge in [0.15, 0.2) is 6.61 Å². The number of rotatable bonds is 6. The number of nitrogens with one attached hydrogen (secondary N) is 1. The molecule has 0 bridgehead atoms. The largest absolute Gasteiger partial charge is 0.482 e. The average molecular weight is 448 g/mol. The van der Waals surface area contributed by atoms with Crippen LogP contribution in [0.5, 0.6) is 5.75 Å². The molecule has 0 aliphatic carbocycles. The van der Waals surface area contributed by atoms with Crippen molar-refractivity contribution in [1.29, 1.82) is 0 Å². The van der Waals surface area contributed by atoms with Crippen LogP contribution in [0.2, 0.25) is 0 Å².